The minimum Gasteiger partial charge on any atom is -0.384 e. The Morgan fingerprint density at radius 1 is 1.21 bits per heavy atom. The van der Waals surface area contributed by atoms with Crippen molar-refractivity contribution in [1.82, 2.24) is 9.88 Å². The molecule has 6 nitrogen and oxygen atoms in total. The van der Waals surface area contributed by atoms with Crippen LogP contribution in [0.2, 0.25) is 0 Å². The molecule has 2 aromatic rings. The lowest BCUT2D eigenvalue weighted by atomic mass is 9.95. The van der Waals surface area contributed by atoms with Crippen LogP contribution in [-0.4, -0.2) is 23.4 Å². The lowest BCUT2D eigenvalue weighted by molar-refractivity contribution is 0.0963. The topological polar surface area (TPSA) is 89.2 Å². The fraction of sp³-hybridized carbons (Fsp3) is 0.400. The van der Waals surface area contributed by atoms with Crippen molar-refractivity contribution in [2.45, 2.75) is 25.7 Å². The fourth-order valence-corrected chi connectivity index (χ4v) is 5.23. The Morgan fingerprint density at radius 2 is 1.92 bits per heavy atom. The van der Waals surface area contributed by atoms with Crippen molar-refractivity contribution >= 4 is 57.5 Å². The van der Waals surface area contributed by atoms with Gasteiger partial charge in [0.25, 0.3) is 11.8 Å². The minimum absolute atomic E-state index is 0.168. The molecule has 24 heavy (non-hydrogen) atoms. The third-order valence-electron chi connectivity index (χ3n) is 4.12. The summed E-state index contributed by atoms with van der Waals surface area (Å²) in [5.74, 6) is -0.156. The van der Waals surface area contributed by atoms with Crippen LogP contribution in [0.3, 0.4) is 0 Å². The largest absolute Gasteiger partial charge is 0.384 e. The van der Waals surface area contributed by atoms with Gasteiger partial charge < -0.3 is 20.9 Å². The third kappa shape index (κ3) is 2.87. The van der Waals surface area contributed by atoms with Crippen molar-refractivity contribution in [3.8, 4) is 0 Å². The number of amides is 2. The Morgan fingerprint density at radius 3 is 2.54 bits per heavy atom. The average molecular weight is 383 g/mol. The van der Waals surface area contributed by atoms with Crippen molar-refractivity contribution in [3.63, 3.8) is 0 Å². The van der Waals surface area contributed by atoms with Crippen LogP contribution in [0, 0.1) is 3.95 Å². The average Bonchev–Trinajstić information content (AvgIpc) is 3.06. The summed E-state index contributed by atoms with van der Waals surface area (Å²) in [6, 6.07) is 0. The first kappa shape index (κ1) is 17.1. The van der Waals surface area contributed by atoms with Gasteiger partial charge in [0.15, 0.2) is 3.95 Å². The molecule has 0 bridgehead atoms. The second kappa shape index (κ2) is 6.66. The predicted octanol–water partition coefficient (Wildman–Crippen LogP) is 2.95. The van der Waals surface area contributed by atoms with E-state index in [-0.39, 0.29) is 11.8 Å². The Kier molecular flexibility index (Phi) is 4.75. The number of aryl methyl sites for hydroxylation is 1. The number of hydrogen-bond acceptors (Lipinski definition) is 6. The molecule has 0 spiro atoms. The molecule has 0 saturated heterocycles. The number of nitrogens with two attached hydrogens (primary N) is 1. The number of thiazole rings is 1. The number of nitrogen functional groups attached to an aromatic ring is 1. The fourth-order valence-electron chi connectivity index (χ4n) is 2.80. The molecule has 2 amide bonds. The summed E-state index contributed by atoms with van der Waals surface area (Å²) in [6.45, 7) is 0. The van der Waals surface area contributed by atoms with Gasteiger partial charge in [-0.3, -0.25) is 9.59 Å². The second-order valence-corrected chi connectivity index (χ2v) is 8.34. The van der Waals surface area contributed by atoms with Gasteiger partial charge in [0.05, 0.1) is 5.56 Å². The number of carbonyl (C=O) groups excluding carboxylic acids is 2. The molecule has 1 aliphatic rings. The van der Waals surface area contributed by atoms with Crippen LogP contribution >= 0.6 is 34.9 Å². The Balaban J connectivity index is 1.99. The van der Waals surface area contributed by atoms with Crippen LogP contribution < -0.4 is 16.4 Å². The third-order valence-corrected chi connectivity index (χ3v) is 6.89. The van der Waals surface area contributed by atoms with Gasteiger partial charge in [0.1, 0.15) is 15.7 Å². The monoisotopic (exact) mass is 382 g/mol. The van der Waals surface area contributed by atoms with Crippen LogP contribution in [0.5, 0.6) is 0 Å². The van der Waals surface area contributed by atoms with Crippen molar-refractivity contribution in [2.75, 3.05) is 18.1 Å². The van der Waals surface area contributed by atoms with Crippen LogP contribution in [0.1, 0.15) is 43.3 Å². The Labute approximate surface area is 152 Å². The lowest BCUT2D eigenvalue weighted by Crippen LogP contribution is -2.22. The molecule has 128 valence electrons. The van der Waals surface area contributed by atoms with Gasteiger partial charge >= 0.3 is 0 Å². The molecule has 3 rings (SSSR count). The number of nitrogens with zero attached hydrogens (tertiary/aromatic N) is 1. The summed E-state index contributed by atoms with van der Waals surface area (Å²) in [7, 11) is 3.33. The summed E-state index contributed by atoms with van der Waals surface area (Å²) in [5, 5.41) is 6.13. The highest BCUT2D eigenvalue weighted by molar-refractivity contribution is 7.73. The van der Waals surface area contributed by atoms with E-state index in [0.29, 0.717) is 25.2 Å². The van der Waals surface area contributed by atoms with E-state index in [1.54, 1.807) is 18.7 Å². The summed E-state index contributed by atoms with van der Waals surface area (Å²) >= 11 is 7.81. The van der Waals surface area contributed by atoms with Gasteiger partial charge in [-0.05, 0) is 43.5 Å². The highest BCUT2D eigenvalue weighted by atomic mass is 32.1. The van der Waals surface area contributed by atoms with Crippen molar-refractivity contribution in [3.05, 3.63) is 24.8 Å². The van der Waals surface area contributed by atoms with E-state index in [4.69, 9.17) is 18.0 Å². The number of thiophene rings is 1. The molecule has 0 fully saturated rings. The van der Waals surface area contributed by atoms with Crippen molar-refractivity contribution < 1.29 is 9.59 Å². The number of hydrogen-bond donors (Lipinski definition) is 3. The van der Waals surface area contributed by atoms with Gasteiger partial charge in [0, 0.05) is 19.0 Å². The van der Waals surface area contributed by atoms with E-state index in [1.165, 1.54) is 27.6 Å². The van der Waals surface area contributed by atoms with Crippen LogP contribution in [-0.2, 0) is 19.9 Å². The molecule has 9 heteroatoms. The van der Waals surface area contributed by atoms with Crippen LogP contribution in [0.25, 0.3) is 0 Å². The zero-order chi connectivity index (χ0) is 17.4. The number of anilines is 2. The van der Waals surface area contributed by atoms with Crippen molar-refractivity contribution in [1.29, 1.82) is 0 Å². The number of aromatic nitrogens is 1. The first-order valence-electron chi connectivity index (χ1n) is 7.57. The maximum absolute atomic E-state index is 12.6. The number of fused-ring (bicyclic) bond motifs is 1. The maximum atomic E-state index is 12.6. The van der Waals surface area contributed by atoms with Gasteiger partial charge in [-0.25, -0.2) is 0 Å². The molecule has 0 saturated carbocycles. The first-order valence-corrected chi connectivity index (χ1v) is 9.61. The number of rotatable bonds is 3. The number of carbonyl (C=O) groups is 2. The highest BCUT2D eigenvalue weighted by Gasteiger charge is 2.27. The SMILES string of the molecule is CNC(=O)c1c(NC(=O)c2sc(=S)n(C)c2N)sc2c1CCCC2. The van der Waals surface area contributed by atoms with Gasteiger partial charge in [-0.1, -0.05) is 11.3 Å². The molecule has 0 aromatic carbocycles. The van der Waals surface area contributed by atoms with E-state index >= 15 is 0 Å². The molecule has 0 radical (unpaired) electrons. The summed E-state index contributed by atoms with van der Waals surface area (Å²) in [4.78, 5) is 26.5. The quantitative estimate of drug-likeness (QED) is 0.712. The highest BCUT2D eigenvalue weighted by Crippen LogP contribution is 2.38. The Bertz CT molecular complexity index is 878. The van der Waals surface area contributed by atoms with Gasteiger partial charge in [0.2, 0.25) is 0 Å². The van der Waals surface area contributed by atoms with E-state index in [2.05, 4.69) is 10.6 Å². The molecular formula is C15H18N4O2S3. The van der Waals surface area contributed by atoms with E-state index in [1.807, 2.05) is 0 Å². The summed E-state index contributed by atoms with van der Waals surface area (Å²) in [6.07, 6.45) is 4.00. The van der Waals surface area contributed by atoms with Gasteiger partial charge in [-0.2, -0.15) is 0 Å². The van der Waals surface area contributed by atoms with E-state index in [9.17, 15) is 9.59 Å². The maximum Gasteiger partial charge on any atom is 0.270 e. The standard InChI is InChI=1S/C15H18N4O2S3/c1-17-12(20)9-7-5-3-4-6-8(7)23-14(9)18-13(21)10-11(16)19(2)15(22)24-10/h3-6,16H2,1-2H3,(H,17,20)(H,18,21). The zero-order valence-corrected chi connectivity index (χ0v) is 15.8. The molecular weight excluding hydrogens is 364 g/mol. The molecule has 0 aliphatic heterocycles. The second-order valence-electron chi connectivity index (χ2n) is 5.59. The lowest BCUT2D eigenvalue weighted by Gasteiger charge is -2.12. The smallest absolute Gasteiger partial charge is 0.270 e. The first-order chi connectivity index (χ1) is 11.4. The van der Waals surface area contributed by atoms with Crippen molar-refractivity contribution in [2.24, 2.45) is 7.05 Å². The van der Waals surface area contributed by atoms with Crippen LogP contribution in [0.4, 0.5) is 10.8 Å². The Hall–Kier alpha value is -1.71. The normalized spacial score (nSPS) is 13.4. The van der Waals surface area contributed by atoms with E-state index < -0.39 is 0 Å². The molecule has 2 aromatic heterocycles. The summed E-state index contributed by atoms with van der Waals surface area (Å²) < 4.78 is 2.14. The predicted molar refractivity (Wildman–Crippen MR) is 101 cm³/mol. The molecule has 1 aliphatic carbocycles. The molecule has 4 N–H and O–H groups in total. The van der Waals surface area contributed by atoms with Crippen LogP contribution in [0.15, 0.2) is 0 Å². The van der Waals surface area contributed by atoms with Gasteiger partial charge in [-0.15, -0.1) is 11.3 Å². The zero-order valence-electron chi connectivity index (χ0n) is 13.4. The minimum atomic E-state index is -0.326. The molecule has 0 unspecified atom stereocenters. The summed E-state index contributed by atoms with van der Waals surface area (Å²) in [5.41, 5.74) is 7.60. The number of nitrogens with one attached hydrogen (secondary N) is 2. The van der Waals surface area contributed by atoms with E-state index in [0.717, 1.165) is 31.2 Å². The molecule has 2 heterocycles. The molecule has 0 atom stereocenters.